The van der Waals surface area contributed by atoms with Gasteiger partial charge in [0.15, 0.2) is 5.82 Å². The fourth-order valence-corrected chi connectivity index (χ4v) is 2.05. The Hall–Kier alpha value is -2.47. The monoisotopic (exact) mass is 284 g/mol. The zero-order valence-corrected chi connectivity index (χ0v) is 11.8. The van der Waals surface area contributed by atoms with Crippen LogP contribution in [0.5, 0.6) is 0 Å². The van der Waals surface area contributed by atoms with Crippen molar-refractivity contribution in [3.63, 3.8) is 0 Å². The van der Waals surface area contributed by atoms with E-state index in [9.17, 15) is 0 Å². The van der Waals surface area contributed by atoms with E-state index in [2.05, 4.69) is 15.2 Å². The Labute approximate surface area is 122 Å². The molecule has 1 aromatic carbocycles. The molecule has 6 nitrogen and oxygen atoms in total. The van der Waals surface area contributed by atoms with Crippen LogP contribution >= 0.6 is 0 Å². The van der Waals surface area contributed by atoms with E-state index in [1.807, 2.05) is 41.2 Å². The number of nitrogens with zero attached hydrogens (tertiary/aromatic N) is 4. The van der Waals surface area contributed by atoms with Crippen LogP contribution in [0.2, 0.25) is 0 Å². The number of hydrogen-bond donors (Lipinski definition) is 0. The SMILES string of the molecule is COCCc1noc(-c2cccc(Cn3cccn3)c2)n1. The van der Waals surface area contributed by atoms with Gasteiger partial charge in [-0.25, -0.2) is 0 Å². The molecule has 0 saturated carbocycles. The minimum Gasteiger partial charge on any atom is -0.384 e. The zero-order valence-electron chi connectivity index (χ0n) is 11.8. The van der Waals surface area contributed by atoms with Crippen LogP contribution in [0.15, 0.2) is 47.2 Å². The summed E-state index contributed by atoms with van der Waals surface area (Å²) in [5.41, 5.74) is 2.05. The highest BCUT2D eigenvalue weighted by atomic mass is 16.5. The highest BCUT2D eigenvalue weighted by Crippen LogP contribution is 2.19. The number of aromatic nitrogens is 4. The Morgan fingerprint density at radius 2 is 2.24 bits per heavy atom. The minimum atomic E-state index is 0.531. The molecule has 6 heteroatoms. The van der Waals surface area contributed by atoms with E-state index in [1.165, 1.54) is 0 Å². The number of rotatable bonds is 6. The molecule has 0 spiro atoms. The van der Waals surface area contributed by atoms with E-state index in [0.717, 1.165) is 11.1 Å². The largest absolute Gasteiger partial charge is 0.384 e. The van der Waals surface area contributed by atoms with Crippen LogP contribution < -0.4 is 0 Å². The highest BCUT2D eigenvalue weighted by Gasteiger charge is 2.09. The first-order valence-electron chi connectivity index (χ1n) is 6.73. The van der Waals surface area contributed by atoms with Crippen molar-refractivity contribution < 1.29 is 9.26 Å². The van der Waals surface area contributed by atoms with Gasteiger partial charge in [-0.3, -0.25) is 4.68 Å². The Balaban J connectivity index is 1.77. The standard InChI is InChI=1S/C15H16N4O2/c1-20-9-6-14-17-15(21-18-14)13-5-2-4-12(10-13)11-19-8-3-7-16-19/h2-5,7-8,10H,6,9,11H2,1H3. The summed E-state index contributed by atoms with van der Waals surface area (Å²) in [6.07, 6.45) is 4.35. The van der Waals surface area contributed by atoms with Crippen LogP contribution in [0.1, 0.15) is 11.4 Å². The molecular weight excluding hydrogens is 268 g/mol. The molecule has 0 bridgehead atoms. The van der Waals surface area contributed by atoms with Gasteiger partial charge in [0.2, 0.25) is 0 Å². The molecule has 0 N–H and O–H groups in total. The summed E-state index contributed by atoms with van der Waals surface area (Å²) in [4.78, 5) is 4.38. The van der Waals surface area contributed by atoms with Crippen molar-refractivity contribution in [2.75, 3.05) is 13.7 Å². The fraction of sp³-hybridized carbons (Fsp3) is 0.267. The van der Waals surface area contributed by atoms with E-state index in [0.29, 0.717) is 31.3 Å². The van der Waals surface area contributed by atoms with Gasteiger partial charge in [-0.15, -0.1) is 0 Å². The van der Waals surface area contributed by atoms with Crippen LogP contribution in [-0.2, 0) is 17.7 Å². The highest BCUT2D eigenvalue weighted by molar-refractivity contribution is 5.54. The third-order valence-corrected chi connectivity index (χ3v) is 3.08. The lowest BCUT2D eigenvalue weighted by Gasteiger charge is -2.03. The van der Waals surface area contributed by atoms with Crippen molar-refractivity contribution in [3.8, 4) is 11.5 Å². The van der Waals surface area contributed by atoms with Crippen molar-refractivity contribution >= 4 is 0 Å². The van der Waals surface area contributed by atoms with Gasteiger partial charge in [-0.05, 0) is 23.8 Å². The summed E-state index contributed by atoms with van der Waals surface area (Å²) >= 11 is 0. The Bertz CT molecular complexity index is 691. The Kier molecular flexibility index (Phi) is 4.07. The molecule has 3 rings (SSSR count). The van der Waals surface area contributed by atoms with Crippen molar-refractivity contribution in [2.45, 2.75) is 13.0 Å². The fourth-order valence-electron chi connectivity index (χ4n) is 2.05. The summed E-state index contributed by atoms with van der Waals surface area (Å²) in [5, 5.41) is 8.15. The van der Waals surface area contributed by atoms with E-state index in [1.54, 1.807) is 13.3 Å². The maximum Gasteiger partial charge on any atom is 0.257 e. The summed E-state index contributed by atoms with van der Waals surface area (Å²) in [6, 6.07) is 9.93. The Morgan fingerprint density at radius 3 is 3.05 bits per heavy atom. The summed E-state index contributed by atoms with van der Waals surface area (Å²) in [6.45, 7) is 1.30. The average molecular weight is 284 g/mol. The van der Waals surface area contributed by atoms with Gasteiger partial charge in [0, 0.05) is 31.5 Å². The number of hydrogen-bond acceptors (Lipinski definition) is 5. The van der Waals surface area contributed by atoms with Gasteiger partial charge in [-0.2, -0.15) is 10.1 Å². The molecule has 3 aromatic rings. The van der Waals surface area contributed by atoms with Gasteiger partial charge in [0.05, 0.1) is 13.2 Å². The van der Waals surface area contributed by atoms with Crippen LogP contribution in [0, 0.1) is 0 Å². The maximum atomic E-state index is 5.30. The molecule has 0 amide bonds. The number of methoxy groups -OCH3 is 1. The summed E-state index contributed by atoms with van der Waals surface area (Å²) < 4.78 is 12.2. The maximum absolute atomic E-state index is 5.30. The molecule has 0 aliphatic rings. The molecule has 0 saturated heterocycles. The second-order valence-electron chi connectivity index (χ2n) is 4.66. The third-order valence-electron chi connectivity index (χ3n) is 3.08. The molecule has 0 unspecified atom stereocenters. The molecule has 0 aliphatic heterocycles. The molecule has 0 radical (unpaired) electrons. The van der Waals surface area contributed by atoms with E-state index >= 15 is 0 Å². The van der Waals surface area contributed by atoms with Crippen LogP contribution in [0.25, 0.3) is 11.5 Å². The van der Waals surface area contributed by atoms with Gasteiger partial charge in [0.25, 0.3) is 5.89 Å². The quantitative estimate of drug-likeness (QED) is 0.694. The molecule has 108 valence electrons. The van der Waals surface area contributed by atoms with Gasteiger partial charge < -0.3 is 9.26 Å². The van der Waals surface area contributed by atoms with Crippen molar-refractivity contribution in [1.82, 2.24) is 19.9 Å². The molecule has 21 heavy (non-hydrogen) atoms. The van der Waals surface area contributed by atoms with Crippen LogP contribution in [-0.4, -0.2) is 33.6 Å². The Morgan fingerprint density at radius 1 is 1.29 bits per heavy atom. The zero-order chi connectivity index (χ0) is 14.5. The van der Waals surface area contributed by atoms with Crippen molar-refractivity contribution in [1.29, 1.82) is 0 Å². The molecule has 0 atom stereocenters. The van der Waals surface area contributed by atoms with Crippen molar-refractivity contribution in [2.24, 2.45) is 0 Å². The lowest BCUT2D eigenvalue weighted by atomic mass is 10.1. The molecule has 2 aromatic heterocycles. The van der Waals surface area contributed by atoms with Crippen molar-refractivity contribution in [3.05, 3.63) is 54.1 Å². The second-order valence-corrected chi connectivity index (χ2v) is 4.66. The molecule has 0 aliphatic carbocycles. The van der Waals surface area contributed by atoms with Gasteiger partial charge >= 0.3 is 0 Å². The topological polar surface area (TPSA) is 66.0 Å². The van der Waals surface area contributed by atoms with Crippen LogP contribution in [0.4, 0.5) is 0 Å². The molecular formula is C15H16N4O2. The summed E-state index contributed by atoms with van der Waals surface area (Å²) in [5.74, 6) is 1.19. The summed E-state index contributed by atoms with van der Waals surface area (Å²) in [7, 11) is 1.65. The van der Waals surface area contributed by atoms with Crippen LogP contribution in [0.3, 0.4) is 0 Å². The second kappa shape index (κ2) is 6.32. The first-order valence-corrected chi connectivity index (χ1v) is 6.73. The smallest absolute Gasteiger partial charge is 0.257 e. The van der Waals surface area contributed by atoms with Gasteiger partial charge in [0.1, 0.15) is 0 Å². The average Bonchev–Trinajstić information content (AvgIpc) is 3.17. The van der Waals surface area contributed by atoms with Gasteiger partial charge in [-0.1, -0.05) is 17.3 Å². The minimum absolute atomic E-state index is 0.531. The predicted molar refractivity (Wildman–Crippen MR) is 76.6 cm³/mol. The molecule has 2 heterocycles. The number of ether oxygens (including phenoxy) is 1. The first-order chi connectivity index (χ1) is 10.3. The number of benzene rings is 1. The first kappa shape index (κ1) is 13.5. The van der Waals surface area contributed by atoms with E-state index in [4.69, 9.17) is 9.26 Å². The lowest BCUT2D eigenvalue weighted by Crippen LogP contribution is -1.99. The van der Waals surface area contributed by atoms with E-state index in [-0.39, 0.29) is 0 Å². The van der Waals surface area contributed by atoms with E-state index < -0.39 is 0 Å². The lowest BCUT2D eigenvalue weighted by molar-refractivity contribution is 0.199. The molecule has 0 fully saturated rings. The third kappa shape index (κ3) is 3.35. The predicted octanol–water partition coefficient (Wildman–Crippen LogP) is 2.17. The normalized spacial score (nSPS) is 10.9.